The van der Waals surface area contributed by atoms with E-state index in [1.807, 2.05) is 6.92 Å². The Labute approximate surface area is 67.8 Å². The van der Waals surface area contributed by atoms with Gasteiger partial charge in [0.2, 0.25) is 0 Å². The van der Waals surface area contributed by atoms with E-state index < -0.39 is 0 Å². The molecule has 0 aliphatic carbocycles. The number of alkyl halides is 1. The molecule has 1 atom stereocenters. The fourth-order valence-electron chi connectivity index (χ4n) is 0.339. The van der Waals surface area contributed by atoms with E-state index in [1.165, 1.54) is 6.20 Å². The number of hydrogen-bond donors (Lipinski definition) is 2. The lowest BCUT2D eigenvalue weighted by atomic mass is 10.2. The number of aldehydes is 1. The standard InChI is InChI=1S/C5H9IN2O/c1-4(6)5(3-9)2-8-7/h2-4,8H,7H2,1H3. The van der Waals surface area contributed by atoms with Crippen molar-refractivity contribution in [1.82, 2.24) is 5.43 Å². The molecule has 0 spiro atoms. The Balaban J connectivity index is 3.97. The minimum Gasteiger partial charge on any atom is -0.331 e. The van der Waals surface area contributed by atoms with E-state index in [9.17, 15) is 4.79 Å². The van der Waals surface area contributed by atoms with E-state index in [-0.39, 0.29) is 3.92 Å². The molecule has 9 heavy (non-hydrogen) atoms. The van der Waals surface area contributed by atoms with Crippen LogP contribution >= 0.6 is 22.6 Å². The largest absolute Gasteiger partial charge is 0.331 e. The second kappa shape index (κ2) is 4.75. The van der Waals surface area contributed by atoms with Crippen LogP contribution in [0.4, 0.5) is 0 Å². The van der Waals surface area contributed by atoms with Gasteiger partial charge in [-0.25, -0.2) is 0 Å². The maximum absolute atomic E-state index is 10.2. The Morgan fingerprint density at radius 1 is 1.89 bits per heavy atom. The van der Waals surface area contributed by atoms with Crippen LogP contribution in [-0.2, 0) is 4.79 Å². The molecule has 0 aromatic rings. The number of allylic oxidation sites excluding steroid dienone is 1. The zero-order valence-electron chi connectivity index (χ0n) is 5.10. The number of halogens is 1. The van der Waals surface area contributed by atoms with Gasteiger partial charge in [-0.05, 0) is 6.92 Å². The minimum absolute atomic E-state index is 0.205. The normalized spacial score (nSPS) is 14.8. The average molecular weight is 240 g/mol. The summed E-state index contributed by atoms with van der Waals surface area (Å²) in [5, 5.41) is 0. The quantitative estimate of drug-likeness (QED) is 0.187. The van der Waals surface area contributed by atoms with Gasteiger partial charge >= 0.3 is 0 Å². The van der Waals surface area contributed by atoms with Crippen molar-refractivity contribution < 1.29 is 4.79 Å². The monoisotopic (exact) mass is 240 g/mol. The number of rotatable bonds is 3. The van der Waals surface area contributed by atoms with E-state index in [1.54, 1.807) is 0 Å². The molecule has 0 aliphatic heterocycles. The second-order valence-electron chi connectivity index (χ2n) is 1.54. The molecule has 0 saturated carbocycles. The highest BCUT2D eigenvalue weighted by Crippen LogP contribution is 2.07. The lowest BCUT2D eigenvalue weighted by Crippen LogP contribution is -2.16. The minimum atomic E-state index is 0.205. The number of hydrogen-bond acceptors (Lipinski definition) is 3. The van der Waals surface area contributed by atoms with Crippen LogP contribution < -0.4 is 11.3 Å². The fraction of sp³-hybridized carbons (Fsp3) is 0.400. The molecule has 3 nitrogen and oxygen atoms in total. The lowest BCUT2D eigenvalue weighted by Gasteiger charge is -1.99. The van der Waals surface area contributed by atoms with Crippen molar-refractivity contribution in [2.75, 3.05) is 0 Å². The topological polar surface area (TPSA) is 55.1 Å². The molecular formula is C5H9IN2O. The van der Waals surface area contributed by atoms with E-state index >= 15 is 0 Å². The number of carbonyl (C=O) groups excluding carboxylic acids is 1. The Hall–Kier alpha value is -0.100. The van der Waals surface area contributed by atoms with Crippen LogP contribution in [-0.4, -0.2) is 10.2 Å². The highest BCUT2D eigenvalue weighted by molar-refractivity contribution is 14.1. The van der Waals surface area contributed by atoms with Gasteiger partial charge in [0, 0.05) is 15.7 Å². The Morgan fingerprint density at radius 2 is 2.44 bits per heavy atom. The highest BCUT2D eigenvalue weighted by Gasteiger charge is 2.00. The number of nitrogens with one attached hydrogen (secondary N) is 1. The molecule has 0 fully saturated rings. The van der Waals surface area contributed by atoms with Gasteiger partial charge in [-0.15, -0.1) is 0 Å². The van der Waals surface area contributed by atoms with E-state index in [2.05, 4.69) is 28.0 Å². The van der Waals surface area contributed by atoms with Gasteiger partial charge in [-0.2, -0.15) is 0 Å². The predicted octanol–water partition coefficient (Wildman–Crippen LogP) is 0.356. The third-order valence-electron chi connectivity index (χ3n) is 0.845. The van der Waals surface area contributed by atoms with Crippen LogP contribution in [0, 0.1) is 0 Å². The zero-order valence-corrected chi connectivity index (χ0v) is 7.25. The summed E-state index contributed by atoms with van der Waals surface area (Å²) >= 11 is 2.13. The first-order valence-electron chi connectivity index (χ1n) is 2.47. The summed E-state index contributed by atoms with van der Waals surface area (Å²) in [7, 11) is 0. The summed E-state index contributed by atoms with van der Waals surface area (Å²) in [6.07, 6.45) is 2.28. The van der Waals surface area contributed by atoms with Crippen LogP contribution in [0.1, 0.15) is 6.92 Å². The van der Waals surface area contributed by atoms with Crippen molar-refractivity contribution in [3.05, 3.63) is 11.8 Å². The van der Waals surface area contributed by atoms with E-state index in [0.29, 0.717) is 5.57 Å². The number of carbonyl (C=O) groups is 1. The van der Waals surface area contributed by atoms with Crippen molar-refractivity contribution in [3.63, 3.8) is 0 Å². The predicted molar refractivity (Wildman–Crippen MR) is 45.0 cm³/mol. The molecule has 1 unspecified atom stereocenters. The molecule has 0 aromatic heterocycles. The highest BCUT2D eigenvalue weighted by atomic mass is 127. The molecule has 0 bridgehead atoms. The molecule has 0 saturated heterocycles. The van der Waals surface area contributed by atoms with Crippen LogP contribution in [0.5, 0.6) is 0 Å². The molecule has 0 rings (SSSR count). The van der Waals surface area contributed by atoms with E-state index in [0.717, 1.165) is 6.29 Å². The summed E-state index contributed by atoms with van der Waals surface area (Å²) in [4.78, 5) is 10.2. The second-order valence-corrected chi connectivity index (χ2v) is 3.41. The van der Waals surface area contributed by atoms with Crippen molar-refractivity contribution in [1.29, 1.82) is 0 Å². The first-order valence-corrected chi connectivity index (χ1v) is 3.72. The van der Waals surface area contributed by atoms with E-state index in [4.69, 9.17) is 5.84 Å². The smallest absolute Gasteiger partial charge is 0.148 e. The average Bonchev–Trinajstić information content (AvgIpc) is 1.82. The number of nitrogens with two attached hydrogens (primary N) is 1. The molecule has 0 aliphatic rings. The molecule has 0 radical (unpaired) electrons. The Kier molecular flexibility index (Phi) is 4.70. The van der Waals surface area contributed by atoms with Gasteiger partial charge in [0.25, 0.3) is 0 Å². The summed E-state index contributed by atoms with van der Waals surface area (Å²) < 4.78 is 0.205. The lowest BCUT2D eigenvalue weighted by molar-refractivity contribution is -0.104. The first-order chi connectivity index (χ1) is 4.22. The van der Waals surface area contributed by atoms with Crippen LogP contribution in [0.15, 0.2) is 11.8 Å². The summed E-state index contributed by atoms with van der Waals surface area (Å²) in [6.45, 7) is 1.91. The Bertz CT molecular complexity index is 122. The third-order valence-corrected chi connectivity index (χ3v) is 1.56. The summed E-state index contributed by atoms with van der Waals surface area (Å²) in [5.74, 6) is 4.95. The molecule has 3 N–H and O–H groups in total. The summed E-state index contributed by atoms with van der Waals surface area (Å²) in [5.41, 5.74) is 2.97. The van der Waals surface area contributed by atoms with Gasteiger partial charge < -0.3 is 5.43 Å². The van der Waals surface area contributed by atoms with Crippen molar-refractivity contribution in [2.24, 2.45) is 5.84 Å². The van der Waals surface area contributed by atoms with Gasteiger partial charge in [0.05, 0.1) is 0 Å². The molecular weight excluding hydrogens is 231 g/mol. The van der Waals surface area contributed by atoms with Crippen LogP contribution in [0.3, 0.4) is 0 Å². The van der Waals surface area contributed by atoms with Gasteiger partial charge in [0.15, 0.2) is 0 Å². The van der Waals surface area contributed by atoms with Gasteiger partial charge in [-0.3, -0.25) is 10.6 Å². The molecule has 0 heterocycles. The third kappa shape index (κ3) is 3.47. The molecule has 52 valence electrons. The number of hydrazine groups is 1. The van der Waals surface area contributed by atoms with Crippen molar-refractivity contribution in [3.8, 4) is 0 Å². The molecule has 0 aromatic carbocycles. The first kappa shape index (κ1) is 8.90. The maximum Gasteiger partial charge on any atom is 0.148 e. The van der Waals surface area contributed by atoms with Gasteiger partial charge in [-0.1, -0.05) is 22.6 Å². The van der Waals surface area contributed by atoms with Crippen LogP contribution in [0.2, 0.25) is 0 Å². The maximum atomic E-state index is 10.2. The van der Waals surface area contributed by atoms with Gasteiger partial charge in [0.1, 0.15) is 6.29 Å². The Morgan fingerprint density at radius 3 is 2.56 bits per heavy atom. The zero-order chi connectivity index (χ0) is 7.28. The molecule has 4 heteroatoms. The fourth-order valence-corrected chi connectivity index (χ4v) is 0.665. The SMILES string of the molecule is CC(I)C(C=O)=CNN. The van der Waals surface area contributed by atoms with Crippen molar-refractivity contribution >= 4 is 28.9 Å². The summed E-state index contributed by atoms with van der Waals surface area (Å²) in [6, 6.07) is 0. The molecule has 0 amide bonds. The van der Waals surface area contributed by atoms with Crippen LogP contribution in [0.25, 0.3) is 0 Å². The van der Waals surface area contributed by atoms with Crippen molar-refractivity contribution in [2.45, 2.75) is 10.8 Å².